The number of aliphatic hydroxyl groups is 1. The van der Waals surface area contributed by atoms with Crippen molar-refractivity contribution in [3.63, 3.8) is 0 Å². The number of nitrogens with one attached hydrogen (secondary N) is 1. The molecule has 0 radical (unpaired) electrons. The molecule has 2 amide bonds. The van der Waals surface area contributed by atoms with Crippen LogP contribution in [0, 0.1) is 12.7 Å². The minimum absolute atomic E-state index is 0.0233. The van der Waals surface area contributed by atoms with Gasteiger partial charge in [0.05, 0.1) is 11.3 Å². The Balaban J connectivity index is 1.88. The molecule has 0 saturated carbocycles. The van der Waals surface area contributed by atoms with Crippen molar-refractivity contribution in [2.45, 2.75) is 13.0 Å². The van der Waals surface area contributed by atoms with Gasteiger partial charge in [-0.15, -0.1) is 0 Å². The highest BCUT2D eigenvalue weighted by Crippen LogP contribution is 2.26. The first kappa shape index (κ1) is 18.3. The van der Waals surface area contributed by atoms with Gasteiger partial charge in [0.2, 0.25) is 5.89 Å². The number of nitrogens with two attached hydrogens (primary N) is 1. The highest BCUT2D eigenvalue weighted by Gasteiger charge is 2.25. The number of aryl methyl sites for hydroxylation is 1. The summed E-state index contributed by atoms with van der Waals surface area (Å²) in [5.41, 5.74) is 5.52. The molecule has 0 aliphatic rings. The van der Waals surface area contributed by atoms with E-state index in [4.69, 9.17) is 10.2 Å². The van der Waals surface area contributed by atoms with E-state index in [1.165, 1.54) is 37.3 Å². The molecule has 0 spiro atoms. The van der Waals surface area contributed by atoms with Crippen LogP contribution in [-0.4, -0.2) is 21.9 Å². The molecule has 0 fully saturated rings. The number of oxazole rings is 1. The highest BCUT2D eigenvalue weighted by atomic mass is 19.1. The minimum atomic E-state index is -1.47. The first-order valence-corrected chi connectivity index (χ1v) is 7.98. The Labute approximate surface area is 153 Å². The van der Waals surface area contributed by atoms with Gasteiger partial charge >= 0.3 is 0 Å². The van der Waals surface area contributed by atoms with Crippen LogP contribution in [0.3, 0.4) is 0 Å². The van der Waals surface area contributed by atoms with Crippen molar-refractivity contribution in [2.75, 3.05) is 5.32 Å². The number of para-hydroxylation sites is 1. The summed E-state index contributed by atoms with van der Waals surface area (Å²) in [5, 5.41) is 12.8. The normalized spacial score (nSPS) is 11.8. The van der Waals surface area contributed by atoms with Crippen molar-refractivity contribution in [1.82, 2.24) is 4.98 Å². The van der Waals surface area contributed by atoms with Gasteiger partial charge in [-0.2, -0.15) is 0 Å². The van der Waals surface area contributed by atoms with Crippen LogP contribution in [0.1, 0.15) is 44.2 Å². The summed E-state index contributed by atoms with van der Waals surface area (Å²) in [6, 6.07) is 11.9. The highest BCUT2D eigenvalue weighted by molar-refractivity contribution is 6.08. The average molecular weight is 369 g/mol. The number of rotatable bonds is 5. The molecule has 2 aromatic carbocycles. The van der Waals surface area contributed by atoms with Gasteiger partial charge in [-0.1, -0.05) is 30.3 Å². The number of aliphatic hydroxyl groups excluding tert-OH is 1. The van der Waals surface area contributed by atoms with Crippen LogP contribution in [0.2, 0.25) is 0 Å². The number of halogens is 1. The summed E-state index contributed by atoms with van der Waals surface area (Å²) in [6.07, 6.45) is -1.47. The number of carbonyl (C=O) groups is 2. The van der Waals surface area contributed by atoms with E-state index in [1.807, 2.05) is 0 Å². The third-order valence-electron chi connectivity index (χ3n) is 3.90. The number of nitrogens with zero attached hydrogens (tertiary/aromatic N) is 1. The van der Waals surface area contributed by atoms with E-state index >= 15 is 0 Å². The lowest BCUT2D eigenvalue weighted by Gasteiger charge is -2.08. The molecule has 7 nitrogen and oxygen atoms in total. The molecule has 1 heterocycles. The molecule has 3 rings (SSSR count). The Morgan fingerprint density at radius 2 is 1.85 bits per heavy atom. The van der Waals surface area contributed by atoms with Crippen molar-refractivity contribution >= 4 is 17.5 Å². The van der Waals surface area contributed by atoms with Crippen LogP contribution < -0.4 is 11.1 Å². The number of anilines is 1. The summed E-state index contributed by atoms with van der Waals surface area (Å²) in [5.74, 6) is -2.06. The Hall–Kier alpha value is -3.52. The van der Waals surface area contributed by atoms with Gasteiger partial charge in [0.25, 0.3) is 11.8 Å². The maximum Gasteiger partial charge on any atom is 0.277 e. The number of carbonyl (C=O) groups excluding carboxylic acids is 2. The number of amides is 2. The van der Waals surface area contributed by atoms with Gasteiger partial charge in [-0.3, -0.25) is 9.59 Å². The lowest BCUT2D eigenvalue weighted by Crippen LogP contribution is -2.19. The molecular weight excluding hydrogens is 353 g/mol. The Bertz CT molecular complexity index is 1020. The van der Waals surface area contributed by atoms with Gasteiger partial charge in [0.1, 0.15) is 11.6 Å². The Morgan fingerprint density at radius 1 is 1.19 bits per heavy atom. The summed E-state index contributed by atoms with van der Waals surface area (Å²) in [4.78, 5) is 28.0. The molecule has 1 aromatic heterocycles. The predicted molar refractivity (Wildman–Crippen MR) is 94.6 cm³/mol. The molecule has 4 N–H and O–H groups in total. The molecule has 0 aliphatic heterocycles. The van der Waals surface area contributed by atoms with Crippen molar-refractivity contribution in [3.8, 4) is 0 Å². The van der Waals surface area contributed by atoms with Gasteiger partial charge in [-0.25, -0.2) is 9.37 Å². The van der Waals surface area contributed by atoms with Crippen LogP contribution >= 0.6 is 0 Å². The monoisotopic (exact) mass is 369 g/mol. The third-order valence-corrected chi connectivity index (χ3v) is 3.90. The van der Waals surface area contributed by atoms with E-state index in [-0.39, 0.29) is 34.2 Å². The molecule has 8 heteroatoms. The molecule has 1 atom stereocenters. The number of benzene rings is 2. The third kappa shape index (κ3) is 3.70. The zero-order chi connectivity index (χ0) is 19.6. The Morgan fingerprint density at radius 3 is 2.56 bits per heavy atom. The van der Waals surface area contributed by atoms with Crippen LogP contribution in [0.5, 0.6) is 0 Å². The predicted octanol–water partition coefficient (Wildman–Crippen LogP) is 2.56. The first-order chi connectivity index (χ1) is 12.9. The van der Waals surface area contributed by atoms with Gasteiger partial charge in [0.15, 0.2) is 11.8 Å². The fourth-order valence-corrected chi connectivity index (χ4v) is 2.56. The second kappa shape index (κ2) is 7.38. The number of hydrogen-bond acceptors (Lipinski definition) is 5. The van der Waals surface area contributed by atoms with Gasteiger partial charge in [-0.05, 0) is 25.1 Å². The van der Waals surface area contributed by atoms with E-state index in [0.717, 1.165) is 0 Å². The molecular formula is C19H16FN3O4. The summed E-state index contributed by atoms with van der Waals surface area (Å²) in [6.45, 7) is 1.49. The molecule has 0 aliphatic carbocycles. The zero-order valence-electron chi connectivity index (χ0n) is 14.3. The number of aromatic nitrogens is 1. The van der Waals surface area contributed by atoms with Crippen LogP contribution in [0.4, 0.5) is 10.1 Å². The van der Waals surface area contributed by atoms with E-state index in [0.29, 0.717) is 0 Å². The maximum atomic E-state index is 13.8. The second-order valence-electron chi connectivity index (χ2n) is 5.74. The first-order valence-electron chi connectivity index (χ1n) is 7.98. The molecule has 1 unspecified atom stereocenters. The smallest absolute Gasteiger partial charge is 0.277 e. The molecule has 3 aromatic rings. The molecule has 27 heavy (non-hydrogen) atoms. The van der Waals surface area contributed by atoms with Crippen LogP contribution in [0.25, 0.3) is 0 Å². The second-order valence-corrected chi connectivity index (χ2v) is 5.74. The quantitative estimate of drug-likeness (QED) is 0.639. The number of hydrogen-bond donors (Lipinski definition) is 3. The minimum Gasteiger partial charge on any atom is -0.442 e. The standard InChI is InChI=1S/C19H16FN3O4/c1-10-15(18(26)22-14-9-5-3-7-12(14)17(21)25)23-19(27-10)16(24)11-6-2-4-8-13(11)20/h2-9,16,24H,1H3,(H2,21,25)(H,22,26). The average Bonchev–Trinajstić information content (AvgIpc) is 3.03. The topological polar surface area (TPSA) is 118 Å². The van der Waals surface area contributed by atoms with Crippen LogP contribution in [0.15, 0.2) is 52.9 Å². The lowest BCUT2D eigenvalue weighted by molar-refractivity contribution is 0.100. The summed E-state index contributed by atoms with van der Waals surface area (Å²) >= 11 is 0. The number of primary amides is 1. The van der Waals surface area contributed by atoms with Crippen molar-refractivity contribution < 1.29 is 23.5 Å². The summed E-state index contributed by atoms with van der Waals surface area (Å²) in [7, 11) is 0. The van der Waals surface area contributed by atoms with E-state index in [1.54, 1.807) is 18.2 Å². The lowest BCUT2D eigenvalue weighted by atomic mass is 10.1. The molecule has 0 saturated heterocycles. The largest absolute Gasteiger partial charge is 0.442 e. The van der Waals surface area contributed by atoms with Crippen molar-refractivity contribution in [2.24, 2.45) is 5.73 Å². The SMILES string of the molecule is Cc1oc(C(O)c2ccccc2F)nc1C(=O)Nc1ccccc1C(N)=O. The zero-order valence-corrected chi connectivity index (χ0v) is 14.3. The van der Waals surface area contributed by atoms with Crippen LogP contribution in [-0.2, 0) is 0 Å². The maximum absolute atomic E-state index is 13.8. The van der Waals surface area contributed by atoms with Crippen molar-refractivity contribution in [1.29, 1.82) is 0 Å². The Kier molecular flexibility index (Phi) is 5.00. The molecule has 0 bridgehead atoms. The van der Waals surface area contributed by atoms with Gasteiger partial charge in [0, 0.05) is 5.56 Å². The van der Waals surface area contributed by atoms with Gasteiger partial charge < -0.3 is 20.6 Å². The fourth-order valence-electron chi connectivity index (χ4n) is 2.56. The van der Waals surface area contributed by atoms with E-state index < -0.39 is 23.7 Å². The van der Waals surface area contributed by atoms with E-state index in [9.17, 15) is 19.1 Å². The fraction of sp³-hybridized carbons (Fsp3) is 0.105. The summed E-state index contributed by atoms with van der Waals surface area (Å²) < 4.78 is 19.2. The molecule has 138 valence electrons. The van der Waals surface area contributed by atoms with Crippen molar-refractivity contribution in [3.05, 3.63) is 82.8 Å². The van der Waals surface area contributed by atoms with E-state index in [2.05, 4.69) is 10.3 Å².